The minimum absolute atomic E-state index is 0. The van der Waals surface area contributed by atoms with E-state index in [4.69, 9.17) is 9.84 Å². The van der Waals surface area contributed by atoms with Crippen molar-refractivity contribution in [1.29, 1.82) is 0 Å². The van der Waals surface area contributed by atoms with Crippen LogP contribution in [0.15, 0.2) is 42.5 Å². The van der Waals surface area contributed by atoms with E-state index in [1.165, 1.54) is 0 Å². The molecule has 2 aromatic rings. The maximum absolute atomic E-state index is 11.4. The maximum Gasteiger partial charge on any atom is 0.292 e. The molecule has 1 saturated heterocycles. The normalized spacial score (nSPS) is 14.1. The Morgan fingerprint density at radius 2 is 1.93 bits per heavy atom. The van der Waals surface area contributed by atoms with Crippen LogP contribution in [0, 0.1) is 17.0 Å². The number of nitro benzene ring substituents is 1. The van der Waals surface area contributed by atoms with Crippen molar-refractivity contribution < 1.29 is 14.8 Å². The van der Waals surface area contributed by atoms with Crippen LogP contribution in [-0.4, -0.2) is 67.4 Å². The number of rotatable bonds is 9. The molecular weight excluding hydrogens is 408 g/mol. The van der Waals surface area contributed by atoms with Gasteiger partial charge in [-0.2, -0.15) is 0 Å². The first-order valence-corrected chi connectivity index (χ1v) is 9.87. The molecule has 0 bridgehead atoms. The van der Waals surface area contributed by atoms with E-state index in [1.54, 1.807) is 12.1 Å². The number of hydrogen-bond acceptors (Lipinski definition) is 7. The number of ether oxygens (including phenoxy) is 1. The van der Waals surface area contributed by atoms with Crippen LogP contribution >= 0.6 is 12.4 Å². The first-order chi connectivity index (χ1) is 14.1. The zero-order valence-electron chi connectivity index (χ0n) is 17.1. The number of β-amino-alcohol motifs (C(OH)–C–C–N with tert-alkyl or cyclic N) is 1. The Kier molecular flexibility index (Phi) is 9.16. The van der Waals surface area contributed by atoms with Gasteiger partial charge in [0.05, 0.1) is 11.5 Å². The molecule has 0 spiro atoms. The molecule has 8 nitrogen and oxygen atoms in total. The Bertz CT molecular complexity index is 828. The van der Waals surface area contributed by atoms with Gasteiger partial charge in [-0.3, -0.25) is 15.0 Å². The van der Waals surface area contributed by atoms with Gasteiger partial charge in [-0.25, -0.2) is 0 Å². The summed E-state index contributed by atoms with van der Waals surface area (Å²) in [6.07, 6.45) is 0. The van der Waals surface area contributed by atoms with Gasteiger partial charge in [-0.05, 0) is 36.8 Å². The second-order valence-electron chi connectivity index (χ2n) is 7.10. The van der Waals surface area contributed by atoms with Crippen LogP contribution in [0.2, 0.25) is 0 Å². The number of anilines is 2. The molecule has 2 N–H and O–H groups in total. The molecule has 0 unspecified atom stereocenters. The highest BCUT2D eigenvalue weighted by molar-refractivity contribution is 5.85. The molecule has 164 valence electrons. The molecule has 0 aliphatic carbocycles. The number of aryl methyl sites for hydroxylation is 1. The number of halogens is 1. The van der Waals surface area contributed by atoms with E-state index in [-0.39, 0.29) is 29.6 Å². The smallest absolute Gasteiger partial charge is 0.292 e. The zero-order chi connectivity index (χ0) is 20.6. The number of nitrogens with one attached hydrogen (secondary N) is 1. The molecule has 3 rings (SSSR count). The molecule has 1 fully saturated rings. The quantitative estimate of drug-likeness (QED) is 0.354. The highest BCUT2D eigenvalue weighted by atomic mass is 35.5. The van der Waals surface area contributed by atoms with Crippen molar-refractivity contribution in [2.24, 2.45) is 0 Å². The van der Waals surface area contributed by atoms with E-state index < -0.39 is 0 Å². The van der Waals surface area contributed by atoms with E-state index >= 15 is 0 Å². The summed E-state index contributed by atoms with van der Waals surface area (Å²) in [7, 11) is 0. The third kappa shape index (κ3) is 6.48. The average molecular weight is 437 g/mol. The number of aliphatic hydroxyl groups is 1. The Morgan fingerprint density at radius 1 is 1.17 bits per heavy atom. The van der Waals surface area contributed by atoms with Crippen molar-refractivity contribution in [3.8, 4) is 5.75 Å². The third-order valence-electron chi connectivity index (χ3n) is 5.01. The highest BCUT2D eigenvalue weighted by Gasteiger charge is 2.20. The molecular formula is C21H29ClN4O4. The number of hydrogen-bond donors (Lipinski definition) is 2. The van der Waals surface area contributed by atoms with Crippen molar-refractivity contribution in [3.63, 3.8) is 0 Å². The first kappa shape index (κ1) is 23.7. The lowest BCUT2D eigenvalue weighted by Gasteiger charge is -2.35. The van der Waals surface area contributed by atoms with Gasteiger partial charge < -0.3 is 20.1 Å². The van der Waals surface area contributed by atoms with Crippen LogP contribution in [0.3, 0.4) is 0 Å². The number of benzene rings is 2. The van der Waals surface area contributed by atoms with Crippen molar-refractivity contribution >= 4 is 29.5 Å². The molecule has 0 amide bonds. The Morgan fingerprint density at radius 3 is 2.60 bits per heavy atom. The van der Waals surface area contributed by atoms with E-state index in [0.717, 1.165) is 43.2 Å². The van der Waals surface area contributed by atoms with Crippen LogP contribution in [-0.2, 0) is 0 Å². The molecule has 1 aliphatic rings. The summed E-state index contributed by atoms with van der Waals surface area (Å²) in [5, 5.41) is 23.6. The highest BCUT2D eigenvalue weighted by Crippen LogP contribution is 2.30. The van der Waals surface area contributed by atoms with Crippen LogP contribution < -0.4 is 15.0 Å². The summed E-state index contributed by atoms with van der Waals surface area (Å²) in [5.41, 5.74) is 2.64. The van der Waals surface area contributed by atoms with Gasteiger partial charge in [0.25, 0.3) is 5.69 Å². The monoisotopic (exact) mass is 436 g/mol. The third-order valence-corrected chi connectivity index (χ3v) is 5.01. The van der Waals surface area contributed by atoms with Crippen LogP contribution in [0.4, 0.5) is 17.1 Å². The van der Waals surface area contributed by atoms with Crippen molar-refractivity contribution in [3.05, 3.63) is 58.1 Å². The largest absolute Gasteiger partial charge is 0.492 e. The minimum atomic E-state index is -0.368. The lowest BCUT2D eigenvalue weighted by Crippen LogP contribution is -2.47. The topological polar surface area (TPSA) is 91.1 Å². The molecule has 2 aromatic carbocycles. The summed E-state index contributed by atoms with van der Waals surface area (Å²) in [6.45, 7) is 7.10. The van der Waals surface area contributed by atoms with Crippen molar-refractivity contribution in [2.75, 3.05) is 62.7 Å². The number of nitro groups is 1. The average Bonchev–Trinajstić information content (AvgIpc) is 2.72. The summed E-state index contributed by atoms with van der Waals surface area (Å²) in [5.74, 6) is 0.788. The fourth-order valence-electron chi connectivity index (χ4n) is 3.45. The molecule has 1 heterocycles. The molecule has 0 aromatic heterocycles. The molecule has 0 saturated carbocycles. The van der Waals surface area contributed by atoms with E-state index in [0.29, 0.717) is 25.4 Å². The summed E-state index contributed by atoms with van der Waals surface area (Å²) in [6, 6.07) is 13.0. The molecule has 9 heteroatoms. The zero-order valence-corrected chi connectivity index (χ0v) is 17.9. The Labute approximate surface area is 183 Å². The fraction of sp³-hybridized carbons (Fsp3) is 0.429. The fourth-order valence-corrected chi connectivity index (χ4v) is 3.45. The van der Waals surface area contributed by atoms with Gasteiger partial charge >= 0.3 is 0 Å². The van der Waals surface area contributed by atoms with Gasteiger partial charge in [0.2, 0.25) is 0 Å². The first-order valence-electron chi connectivity index (χ1n) is 9.87. The lowest BCUT2D eigenvalue weighted by molar-refractivity contribution is -0.383. The minimum Gasteiger partial charge on any atom is -0.492 e. The molecule has 0 radical (unpaired) electrons. The van der Waals surface area contributed by atoms with Crippen LogP contribution in [0.5, 0.6) is 5.75 Å². The van der Waals surface area contributed by atoms with Crippen molar-refractivity contribution in [2.45, 2.75) is 6.92 Å². The van der Waals surface area contributed by atoms with Crippen LogP contribution in [0.1, 0.15) is 5.56 Å². The predicted octanol–water partition coefficient (Wildman–Crippen LogP) is 2.93. The van der Waals surface area contributed by atoms with Gasteiger partial charge in [0, 0.05) is 51.0 Å². The van der Waals surface area contributed by atoms with Crippen molar-refractivity contribution in [1.82, 2.24) is 4.90 Å². The van der Waals surface area contributed by atoms with Gasteiger partial charge in [-0.15, -0.1) is 12.4 Å². The molecule has 0 atom stereocenters. The molecule has 30 heavy (non-hydrogen) atoms. The second kappa shape index (κ2) is 11.6. The second-order valence-corrected chi connectivity index (χ2v) is 7.10. The maximum atomic E-state index is 11.4. The van der Waals surface area contributed by atoms with Gasteiger partial charge in [0.1, 0.15) is 18.0 Å². The number of nitrogens with zero attached hydrogens (tertiary/aromatic N) is 3. The lowest BCUT2D eigenvalue weighted by atomic mass is 10.2. The number of piperazine rings is 1. The SMILES string of the molecule is Cc1cccc(OCCNc2cc(N3CCN(CCO)CC3)ccc2[N+](=O)[O-])c1.Cl. The van der Waals surface area contributed by atoms with E-state index in [2.05, 4.69) is 15.1 Å². The Hall–Kier alpha value is -2.55. The van der Waals surface area contributed by atoms with E-state index in [1.807, 2.05) is 37.3 Å². The standard InChI is InChI=1S/C21H28N4O4.ClH/c1-17-3-2-4-19(15-17)29-14-7-22-20-16-18(5-6-21(20)25(27)28)24-10-8-23(9-11-24)12-13-26;/h2-6,15-16,22,26H,7-14H2,1H3;1H. The number of aliphatic hydroxyl groups excluding tert-OH is 1. The Balaban J connectivity index is 0.00000320. The molecule has 1 aliphatic heterocycles. The summed E-state index contributed by atoms with van der Waals surface area (Å²) >= 11 is 0. The predicted molar refractivity (Wildman–Crippen MR) is 121 cm³/mol. The van der Waals surface area contributed by atoms with E-state index in [9.17, 15) is 10.1 Å². The summed E-state index contributed by atoms with van der Waals surface area (Å²) in [4.78, 5) is 15.5. The van der Waals surface area contributed by atoms with Crippen LogP contribution in [0.25, 0.3) is 0 Å². The van der Waals surface area contributed by atoms with Gasteiger partial charge in [-0.1, -0.05) is 12.1 Å². The van der Waals surface area contributed by atoms with Gasteiger partial charge in [0.15, 0.2) is 0 Å². The summed E-state index contributed by atoms with van der Waals surface area (Å²) < 4.78 is 5.72.